The molecule has 3 amide bonds. The van der Waals surface area contributed by atoms with Crippen molar-refractivity contribution in [1.29, 1.82) is 0 Å². The van der Waals surface area contributed by atoms with Crippen molar-refractivity contribution in [2.24, 2.45) is 5.92 Å². The second-order valence-electron chi connectivity index (χ2n) is 10.4. The van der Waals surface area contributed by atoms with E-state index in [9.17, 15) is 14.4 Å². The van der Waals surface area contributed by atoms with Crippen LogP contribution < -0.4 is 15.6 Å². The molecule has 0 spiro atoms. The fourth-order valence-electron chi connectivity index (χ4n) is 5.76. The van der Waals surface area contributed by atoms with Crippen LogP contribution in [0.25, 0.3) is 21.8 Å². The molecule has 9 nitrogen and oxygen atoms in total. The Hall–Kier alpha value is -5.05. The van der Waals surface area contributed by atoms with Crippen molar-refractivity contribution >= 4 is 39.5 Å². The van der Waals surface area contributed by atoms with Crippen LogP contribution in [0.4, 0.5) is 0 Å². The molecule has 5 aromatic rings. The SMILES string of the molecule is CCC(C)C(C(=O)NNC(=O)c1cc2cc(OC)ccc2[nH]1)N1C(=O)c2ccccc2C1c1c[nH]c2ccccc12. The zero-order chi connectivity index (χ0) is 28.7. The van der Waals surface area contributed by atoms with Gasteiger partial charge in [-0.25, -0.2) is 0 Å². The molecule has 6 rings (SSSR count). The molecule has 0 bridgehead atoms. The van der Waals surface area contributed by atoms with E-state index in [1.807, 2.05) is 74.6 Å². The monoisotopic (exact) mass is 549 g/mol. The number of carbonyl (C=O) groups is 3. The highest BCUT2D eigenvalue weighted by atomic mass is 16.5. The second-order valence-corrected chi connectivity index (χ2v) is 10.4. The molecule has 9 heteroatoms. The Morgan fingerprint density at radius 2 is 1.76 bits per heavy atom. The van der Waals surface area contributed by atoms with Crippen LogP contribution in [0.2, 0.25) is 0 Å². The van der Waals surface area contributed by atoms with Gasteiger partial charge in [0.2, 0.25) is 0 Å². The zero-order valence-corrected chi connectivity index (χ0v) is 23.0. The van der Waals surface area contributed by atoms with Crippen LogP contribution in [0.3, 0.4) is 0 Å². The average molecular weight is 550 g/mol. The normalized spacial score (nSPS) is 16.0. The number of fused-ring (bicyclic) bond motifs is 3. The van der Waals surface area contributed by atoms with Crippen molar-refractivity contribution in [2.45, 2.75) is 32.4 Å². The van der Waals surface area contributed by atoms with Crippen LogP contribution in [0.1, 0.15) is 58.3 Å². The average Bonchev–Trinajstić information content (AvgIpc) is 3.70. The van der Waals surface area contributed by atoms with E-state index >= 15 is 0 Å². The first-order chi connectivity index (χ1) is 19.9. The third-order valence-corrected chi connectivity index (χ3v) is 8.04. The maximum absolute atomic E-state index is 13.9. The zero-order valence-electron chi connectivity index (χ0n) is 23.0. The maximum atomic E-state index is 13.9. The van der Waals surface area contributed by atoms with Gasteiger partial charge in [0.1, 0.15) is 17.5 Å². The lowest BCUT2D eigenvalue weighted by molar-refractivity contribution is -0.128. The summed E-state index contributed by atoms with van der Waals surface area (Å²) < 4.78 is 5.26. The number of H-pyrrole nitrogens is 2. The quantitative estimate of drug-likeness (QED) is 0.212. The number of hydrazine groups is 1. The number of nitrogens with zero attached hydrogens (tertiary/aromatic N) is 1. The summed E-state index contributed by atoms with van der Waals surface area (Å²) in [7, 11) is 1.58. The smallest absolute Gasteiger partial charge is 0.286 e. The predicted molar refractivity (Wildman–Crippen MR) is 156 cm³/mol. The molecule has 0 fully saturated rings. The van der Waals surface area contributed by atoms with Crippen LogP contribution >= 0.6 is 0 Å². The molecule has 41 heavy (non-hydrogen) atoms. The number of benzene rings is 3. The van der Waals surface area contributed by atoms with Gasteiger partial charge in [-0.1, -0.05) is 56.7 Å². The van der Waals surface area contributed by atoms with Crippen molar-refractivity contribution < 1.29 is 19.1 Å². The lowest BCUT2D eigenvalue weighted by Gasteiger charge is -2.36. The van der Waals surface area contributed by atoms with E-state index in [0.29, 0.717) is 17.7 Å². The summed E-state index contributed by atoms with van der Waals surface area (Å²) >= 11 is 0. The summed E-state index contributed by atoms with van der Waals surface area (Å²) in [4.78, 5) is 48.9. The molecule has 4 N–H and O–H groups in total. The fraction of sp³-hybridized carbons (Fsp3) is 0.219. The number of nitrogens with one attached hydrogen (secondary N) is 4. The molecule has 1 aliphatic rings. The molecule has 3 atom stereocenters. The molecule has 2 aromatic heterocycles. The van der Waals surface area contributed by atoms with E-state index in [-0.39, 0.29) is 17.5 Å². The Labute approximate surface area is 236 Å². The number of hydrogen-bond acceptors (Lipinski definition) is 4. The van der Waals surface area contributed by atoms with Crippen molar-refractivity contribution in [1.82, 2.24) is 25.7 Å². The molecule has 0 radical (unpaired) electrons. The van der Waals surface area contributed by atoms with Crippen LogP contribution in [0.5, 0.6) is 5.75 Å². The summed E-state index contributed by atoms with van der Waals surface area (Å²) in [6, 6.07) is 21.2. The third-order valence-electron chi connectivity index (χ3n) is 8.04. The van der Waals surface area contributed by atoms with E-state index in [1.54, 1.807) is 30.2 Å². The van der Waals surface area contributed by atoms with Gasteiger partial charge in [0, 0.05) is 39.1 Å². The van der Waals surface area contributed by atoms with Gasteiger partial charge in [0.25, 0.3) is 17.7 Å². The van der Waals surface area contributed by atoms with Gasteiger partial charge in [-0.2, -0.15) is 0 Å². The van der Waals surface area contributed by atoms with Crippen LogP contribution in [0.15, 0.2) is 79.0 Å². The standard InChI is InChI=1S/C32H31N5O4/c1-4-18(2)28(31(39)36-35-30(38)27-16-19-15-20(41-3)13-14-25(19)34-27)37-29(22-10-5-6-11-23(22)32(37)40)24-17-33-26-12-8-7-9-21(24)26/h5-18,28-29,33-34H,4H2,1-3H3,(H,35,38)(H,36,39). The summed E-state index contributed by atoms with van der Waals surface area (Å²) in [5, 5.41) is 1.79. The molecule has 3 unspecified atom stereocenters. The minimum absolute atomic E-state index is 0.196. The minimum atomic E-state index is -0.842. The Morgan fingerprint density at radius 1 is 0.976 bits per heavy atom. The van der Waals surface area contributed by atoms with E-state index in [0.717, 1.165) is 32.9 Å². The van der Waals surface area contributed by atoms with Gasteiger partial charge in [-0.15, -0.1) is 0 Å². The Bertz CT molecular complexity index is 1790. The highest BCUT2D eigenvalue weighted by molar-refractivity contribution is 6.04. The number of rotatable bonds is 7. The molecular formula is C32H31N5O4. The number of aromatic nitrogens is 2. The molecule has 0 saturated heterocycles. The Kier molecular flexibility index (Phi) is 6.70. The number of methoxy groups -OCH3 is 1. The summed E-state index contributed by atoms with van der Waals surface area (Å²) in [5.41, 5.74) is 9.48. The summed E-state index contributed by atoms with van der Waals surface area (Å²) in [6.07, 6.45) is 2.56. The van der Waals surface area contributed by atoms with Crippen LogP contribution in [0, 0.1) is 5.92 Å². The van der Waals surface area contributed by atoms with Crippen molar-refractivity contribution in [3.63, 3.8) is 0 Å². The Morgan fingerprint density at radius 3 is 2.56 bits per heavy atom. The number of amides is 3. The second kappa shape index (κ2) is 10.5. The topological polar surface area (TPSA) is 119 Å². The van der Waals surface area contributed by atoms with Crippen molar-refractivity contribution in [3.05, 3.63) is 101 Å². The first-order valence-electron chi connectivity index (χ1n) is 13.7. The van der Waals surface area contributed by atoms with E-state index in [1.165, 1.54) is 0 Å². The largest absolute Gasteiger partial charge is 0.497 e. The lowest BCUT2D eigenvalue weighted by Crippen LogP contribution is -2.55. The van der Waals surface area contributed by atoms with Gasteiger partial charge in [0.05, 0.1) is 13.2 Å². The van der Waals surface area contributed by atoms with Crippen LogP contribution in [-0.2, 0) is 4.79 Å². The molecular weight excluding hydrogens is 518 g/mol. The van der Waals surface area contributed by atoms with Gasteiger partial charge in [0.15, 0.2) is 0 Å². The maximum Gasteiger partial charge on any atom is 0.286 e. The van der Waals surface area contributed by atoms with E-state index in [2.05, 4.69) is 20.8 Å². The molecule has 208 valence electrons. The number of hydrogen-bond donors (Lipinski definition) is 4. The van der Waals surface area contributed by atoms with Crippen molar-refractivity contribution in [3.8, 4) is 5.75 Å². The highest BCUT2D eigenvalue weighted by Gasteiger charge is 2.46. The van der Waals surface area contributed by atoms with E-state index in [4.69, 9.17) is 4.74 Å². The molecule has 0 aliphatic carbocycles. The minimum Gasteiger partial charge on any atom is -0.497 e. The third kappa shape index (κ3) is 4.49. The summed E-state index contributed by atoms with van der Waals surface area (Å²) in [6.45, 7) is 3.93. The van der Waals surface area contributed by atoms with Gasteiger partial charge in [-0.05, 0) is 47.9 Å². The first-order valence-corrected chi connectivity index (χ1v) is 13.7. The molecule has 1 aliphatic heterocycles. The van der Waals surface area contributed by atoms with Gasteiger partial charge < -0.3 is 19.6 Å². The fourth-order valence-corrected chi connectivity index (χ4v) is 5.76. The Balaban J connectivity index is 1.31. The van der Waals surface area contributed by atoms with Crippen LogP contribution in [-0.4, -0.2) is 45.7 Å². The number of ether oxygens (including phenoxy) is 1. The van der Waals surface area contributed by atoms with E-state index < -0.39 is 23.9 Å². The molecule has 3 heterocycles. The lowest BCUT2D eigenvalue weighted by atomic mass is 9.93. The number of carbonyl (C=O) groups excluding carboxylic acids is 3. The molecule has 3 aromatic carbocycles. The first kappa shape index (κ1) is 26.2. The number of para-hydroxylation sites is 1. The molecule has 0 saturated carbocycles. The van der Waals surface area contributed by atoms with Gasteiger partial charge in [-0.3, -0.25) is 25.2 Å². The van der Waals surface area contributed by atoms with Gasteiger partial charge >= 0.3 is 0 Å². The highest BCUT2D eigenvalue weighted by Crippen LogP contribution is 2.43. The number of aromatic amines is 2. The predicted octanol–water partition coefficient (Wildman–Crippen LogP) is 5.08. The summed E-state index contributed by atoms with van der Waals surface area (Å²) in [5.74, 6) is -0.697. The van der Waals surface area contributed by atoms with Crippen molar-refractivity contribution in [2.75, 3.05) is 7.11 Å².